The van der Waals surface area contributed by atoms with E-state index in [1.807, 2.05) is 0 Å². The fraction of sp³-hybridized carbons (Fsp3) is 0. The fourth-order valence-corrected chi connectivity index (χ4v) is 5.12. The third-order valence-electron chi connectivity index (χ3n) is 6.32. The van der Waals surface area contributed by atoms with E-state index in [2.05, 4.69) is 143 Å². The van der Waals surface area contributed by atoms with Gasteiger partial charge in [-0.3, -0.25) is 0 Å². The van der Waals surface area contributed by atoms with Gasteiger partial charge in [0.15, 0.2) is 0 Å². The lowest BCUT2D eigenvalue weighted by atomic mass is 9.85. The van der Waals surface area contributed by atoms with Crippen LogP contribution in [0.2, 0.25) is 0 Å². The molecule has 156 valence electrons. The van der Waals surface area contributed by atoms with Gasteiger partial charge in [0.2, 0.25) is 0 Å². The molecule has 0 fully saturated rings. The first-order valence-electron chi connectivity index (χ1n) is 11.1. The van der Waals surface area contributed by atoms with Crippen molar-refractivity contribution in [3.05, 3.63) is 132 Å². The van der Waals surface area contributed by atoms with Gasteiger partial charge in [-0.15, -0.1) is 0 Å². The number of halogens is 1. The van der Waals surface area contributed by atoms with E-state index in [0.29, 0.717) is 0 Å². The predicted molar refractivity (Wildman–Crippen MR) is 145 cm³/mol. The Hall–Kier alpha value is -3.68. The number of hydrogen-bond acceptors (Lipinski definition) is 0. The zero-order chi connectivity index (χ0) is 22.2. The lowest BCUT2D eigenvalue weighted by Gasteiger charge is -2.18. The van der Waals surface area contributed by atoms with E-state index in [1.165, 1.54) is 54.9 Å². The standard InChI is InChI=1S/C32H21Br/c33-26-19-17-23(18-20-26)31-27-13-4-6-15-29(27)32(30-16-7-5-14-28(30)31)25-12-8-11-24(21-25)22-9-2-1-3-10-22/h1-21H. The highest BCUT2D eigenvalue weighted by Gasteiger charge is 2.16. The molecule has 0 nitrogen and oxygen atoms in total. The quantitative estimate of drug-likeness (QED) is 0.219. The van der Waals surface area contributed by atoms with E-state index in [-0.39, 0.29) is 0 Å². The number of hydrogen-bond donors (Lipinski definition) is 0. The van der Waals surface area contributed by atoms with Crippen LogP contribution >= 0.6 is 15.9 Å². The highest BCUT2D eigenvalue weighted by molar-refractivity contribution is 9.10. The second-order valence-electron chi connectivity index (χ2n) is 8.29. The molecule has 6 aromatic rings. The van der Waals surface area contributed by atoms with Crippen LogP contribution in [0.3, 0.4) is 0 Å². The normalized spacial score (nSPS) is 11.2. The maximum atomic E-state index is 3.59. The summed E-state index contributed by atoms with van der Waals surface area (Å²) in [6.07, 6.45) is 0. The van der Waals surface area contributed by atoms with Crippen LogP contribution in [0.1, 0.15) is 0 Å². The molecule has 0 radical (unpaired) electrons. The SMILES string of the molecule is Brc1ccc(-c2c3ccccc3c(-c3cccc(-c4ccccc4)c3)c3ccccc23)cc1. The molecule has 0 saturated carbocycles. The summed E-state index contributed by atoms with van der Waals surface area (Å²) in [7, 11) is 0. The first-order valence-corrected chi connectivity index (χ1v) is 11.9. The molecule has 0 aromatic heterocycles. The molecule has 0 aliphatic carbocycles. The largest absolute Gasteiger partial charge is 0.0622 e. The highest BCUT2D eigenvalue weighted by atomic mass is 79.9. The molecular weight excluding hydrogens is 464 g/mol. The third-order valence-corrected chi connectivity index (χ3v) is 6.85. The smallest absolute Gasteiger partial charge is 0.0175 e. The summed E-state index contributed by atoms with van der Waals surface area (Å²) in [4.78, 5) is 0. The Labute approximate surface area is 202 Å². The van der Waals surface area contributed by atoms with Crippen molar-refractivity contribution in [2.45, 2.75) is 0 Å². The Kier molecular flexibility index (Phi) is 5.05. The molecule has 0 bridgehead atoms. The number of benzene rings is 6. The average Bonchev–Trinajstić information content (AvgIpc) is 2.88. The topological polar surface area (TPSA) is 0 Å². The van der Waals surface area contributed by atoms with Crippen LogP contribution < -0.4 is 0 Å². The van der Waals surface area contributed by atoms with Gasteiger partial charge in [-0.05, 0) is 73.1 Å². The summed E-state index contributed by atoms with van der Waals surface area (Å²) >= 11 is 3.59. The maximum Gasteiger partial charge on any atom is 0.0175 e. The summed E-state index contributed by atoms with van der Waals surface area (Å²) in [6.45, 7) is 0. The van der Waals surface area contributed by atoms with Crippen molar-refractivity contribution >= 4 is 37.5 Å². The van der Waals surface area contributed by atoms with E-state index in [1.54, 1.807) is 0 Å². The van der Waals surface area contributed by atoms with Gasteiger partial charge in [-0.25, -0.2) is 0 Å². The molecular formula is C32H21Br. The lowest BCUT2D eigenvalue weighted by molar-refractivity contribution is 1.61. The Morgan fingerprint density at radius 3 is 1.36 bits per heavy atom. The van der Waals surface area contributed by atoms with E-state index in [4.69, 9.17) is 0 Å². The predicted octanol–water partition coefficient (Wildman–Crippen LogP) is 9.76. The van der Waals surface area contributed by atoms with Crippen molar-refractivity contribution in [3.63, 3.8) is 0 Å². The molecule has 0 amide bonds. The van der Waals surface area contributed by atoms with Crippen LogP contribution in [0.5, 0.6) is 0 Å². The molecule has 0 spiro atoms. The minimum atomic E-state index is 1.09. The zero-order valence-corrected chi connectivity index (χ0v) is 19.6. The van der Waals surface area contributed by atoms with E-state index >= 15 is 0 Å². The van der Waals surface area contributed by atoms with Crippen molar-refractivity contribution in [2.24, 2.45) is 0 Å². The van der Waals surface area contributed by atoms with Crippen LogP contribution in [0.4, 0.5) is 0 Å². The maximum absolute atomic E-state index is 3.59. The van der Waals surface area contributed by atoms with Gasteiger partial charge >= 0.3 is 0 Å². The van der Waals surface area contributed by atoms with E-state index in [0.717, 1.165) is 4.47 Å². The van der Waals surface area contributed by atoms with E-state index < -0.39 is 0 Å². The molecule has 1 heteroatoms. The molecule has 0 aliphatic heterocycles. The van der Waals surface area contributed by atoms with Crippen molar-refractivity contribution in [2.75, 3.05) is 0 Å². The third kappa shape index (κ3) is 3.55. The molecule has 0 aliphatic rings. The second kappa shape index (κ2) is 8.35. The average molecular weight is 485 g/mol. The minimum absolute atomic E-state index is 1.09. The number of rotatable bonds is 3. The van der Waals surface area contributed by atoms with Gasteiger partial charge in [-0.2, -0.15) is 0 Å². The molecule has 6 rings (SSSR count). The van der Waals surface area contributed by atoms with Crippen LogP contribution in [0.15, 0.2) is 132 Å². The van der Waals surface area contributed by atoms with Gasteiger partial charge in [0.1, 0.15) is 0 Å². The van der Waals surface area contributed by atoms with Crippen molar-refractivity contribution < 1.29 is 0 Å². The Morgan fingerprint density at radius 1 is 0.333 bits per heavy atom. The Bertz CT molecular complexity index is 1540. The lowest BCUT2D eigenvalue weighted by Crippen LogP contribution is -1.91. The Morgan fingerprint density at radius 2 is 0.788 bits per heavy atom. The van der Waals surface area contributed by atoms with Gasteiger partial charge < -0.3 is 0 Å². The monoisotopic (exact) mass is 484 g/mol. The fourth-order valence-electron chi connectivity index (χ4n) is 4.85. The van der Waals surface area contributed by atoms with E-state index in [9.17, 15) is 0 Å². The molecule has 6 aromatic carbocycles. The first kappa shape index (κ1) is 20.0. The van der Waals surface area contributed by atoms with Crippen molar-refractivity contribution in [1.82, 2.24) is 0 Å². The summed E-state index contributed by atoms with van der Waals surface area (Å²) in [5.74, 6) is 0. The van der Waals surface area contributed by atoms with Gasteiger partial charge in [0, 0.05) is 4.47 Å². The number of fused-ring (bicyclic) bond motifs is 2. The van der Waals surface area contributed by atoms with Crippen molar-refractivity contribution in [3.8, 4) is 33.4 Å². The summed E-state index contributed by atoms with van der Waals surface area (Å²) in [5, 5.41) is 5.11. The molecule has 33 heavy (non-hydrogen) atoms. The second-order valence-corrected chi connectivity index (χ2v) is 9.21. The zero-order valence-electron chi connectivity index (χ0n) is 18.0. The summed E-state index contributed by atoms with van der Waals surface area (Å²) < 4.78 is 1.09. The van der Waals surface area contributed by atoms with Crippen LogP contribution in [-0.2, 0) is 0 Å². The summed E-state index contributed by atoms with van der Waals surface area (Å²) in [6, 6.07) is 45.8. The molecule has 0 heterocycles. The summed E-state index contributed by atoms with van der Waals surface area (Å²) in [5.41, 5.74) is 7.52. The van der Waals surface area contributed by atoms with Crippen molar-refractivity contribution in [1.29, 1.82) is 0 Å². The molecule has 0 N–H and O–H groups in total. The molecule has 0 saturated heterocycles. The van der Waals surface area contributed by atoms with Gasteiger partial charge in [0.25, 0.3) is 0 Å². The highest BCUT2D eigenvalue weighted by Crippen LogP contribution is 2.44. The Balaban J connectivity index is 1.70. The van der Waals surface area contributed by atoms with Crippen LogP contribution in [0, 0.1) is 0 Å². The first-order chi connectivity index (χ1) is 16.3. The van der Waals surface area contributed by atoms with Gasteiger partial charge in [0.05, 0.1) is 0 Å². The minimum Gasteiger partial charge on any atom is -0.0622 e. The van der Waals surface area contributed by atoms with Crippen LogP contribution in [0.25, 0.3) is 54.9 Å². The van der Waals surface area contributed by atoms with Gasteiger partial charge in [-0.1, -0.05) is 125 Å². The molecule has 0 unspecified atom stereocenters. The molecule has 0 atom stereocenters. The van der Waals surface area contributed by atoms with Crippen LogP contribution in [-0.4, -0.2) is 0 Å².